The summed E-state index contributed by atoms with van der Waals surface area (Å²) in [7, 11) is 0. The third-order valence-electron chi connectivity index (χ3n) is 0.686. The predicted octanol–water partition coefficient (Wildman–Crippen LogP) is 1.03. The van der Waals surface area contributed by atoms with E-state index >= 15 is 0 Å². The van der Waals surface area contributed by atoms with E-state index in [1.54, 1.807) is 0 Å². The highest BCUT2D eigenvalue weighted by molar-refractivity contribution is 5.71. The van der Waals surface area contributed by atoms with E-state index in [2.05, 4.69) is 4.98 Å². The van der Waals surface area contributed by atoms with Gasteiger partial charge in [-0.1, -0.05) is 0 Å². The van der Waals surface area contributed by atoms with Crippen LogP contribution in [0, 0.1) is 5.82 Å². The highest BCUT2D eigenvalue weighted by atomic mass is 19.1. The van der Waals surface area contributed by atoms with Crippen molar-refractivity contribution in [3.63, 3.8) is 0 Å². The average Bonchev–Trinajstić information content (AvgIpc) is 2.08. The van der Waals surface area contributed by atoms with Crippen LogP contribution in [-0.2, 0) is 0 Å². The number of aromatic nitrogens is 1. The lowest BCUT2D eigenvalue weighted by Gasteiger charge is -1.85. The van der Waals surface area contributed by atoms with Crippen molar-refractivity contribution in [2.45, 2.75) is 0 Å². The van der Waals surface area contributed by atoms with Crippen molar-refractivity contribution >= 4 is 6.29 Å². The second-order valence-electron chi connectivity index (χ2n) is 1.29. The Morgan fingerprint density at radius 2 is 2.56 bits per heavy atom. The van der Waals surface area contributed by atoms with Gasteiger partial charge in [0.15, 0.2) is 6.29 Å². The summed E-state index contributed by atoms with van der Waals surface area (Å²) in [6.07, 6.45) is -0.559. The molecule has 0 fully saturated rings. The lowest BCUT2D eigenvalue weighted by molar-refractivity contribution is 0.111. The first-order valence-electron chi connectivity index (χ1n) is 3.66. The number of halogens is 1. The third kappa shape index (κ3) is 1.32. The molecule has 0 spiro atoms. The second-order valence-corrected chi connectivity index (χ2v) is 1.29. The fourth-order valence-electron chi connectivity index (χ4n) is 0.340. The highest BCUT2D eigenvalue weighted by Crippen LogP contribution is 1.93. The Hall–Kier alpha value is -1.25. The van der Waals surface area contributed by atoms with Crippen molar-refractivity contribution in [3.05, 3.63) is 29.8 Å². The molecule has 3 heteroatoms. The molecule has 0 bridgehead atoms. The summed E-state index contributed by atoms with van der Waals surface area (Å²) >= 11 is 0. The van der Waals surface area contributed by atoms with Gasteiger partial charge in [0, 0.05) is 0 Å². The van der Waals surface area contributed by atoms with E-state index in [0.717, 1.165) is 0 Å². The maximum Gasteiger partial charge on any atom is 0.168 e. The molecule has 0 aliphatic carbocycles. The molecule has 0 saturated carbocycles. The molecule has 0 saturated heterocycles. The number of carbonyl (C=O) groups excluding carboxylic acids is 1. The Morgan fingerprint density at radius 1 is 1.78 bits per heavy atom. The molecule has 0 N–H and O–H groups in total. The number of aldehydes is 1. The largest absolute Gasteiger partial charge is 0.296 e. The Kier molecular flexibility index (Phi) is 0.797. The molecule has 0 amide bonds. The first-order valence-corrected chi connectivity index (χ1v) is 2.16. The number of rotatable bonds is 1. The van der Waals surface area contributed by atoms with Crippen LogP contribution in [0.2, 0.25) is 0 Å². The minimum absolute atomic E-state index is 0.220. The second kappa shape index (κ2) is 2.35. The summed E-state index contributed by atoms with van der Waals surface area (Å²) in [5, 5.41) is 0. The molecule has 0 radical (unpaired) electrons. The van der Waals surface area contributed by atoms with Crippen LogP contribution in [0.15, 0.2) is 18.3 Å². The van der Waals surface area contributed by atoms with Crippen molar-refractivity contribution in [3.8, 4) is 0 Å². The summed E-state index contributed by atoms with van der Waals surface area (Å²) in [4.78, 5) is 13.3. The number of carbonyl (C=O) groups is 1. The van der Waals surface area contributed by atoms with Crippen LogP contribution in [0.3, 0.4) is 0 Å². The van der Waals surface area contributed by atoms with E-state index in [0.29, 0.717) is 0 Å². The monoisotopic (exact) mass is 128 g/mol. The SMILES string of the molecule is [2H]c1nc(C=O)c([2H])c([2H])c1F. The molecular formula is C6H4FNO. The van der Waals surface area contributed by atoms with Crippen LogP contribution in [-0.4, -0.2) is 11.3 Å². The number of hydrogen-bond donors (Lipinski definition) is 0. The molecule has 46 valence electrons. The van der Waals surface area contributed by atoms with Crippen molar-refractivity contribution in [1.29, 1.82) is 0 Å². The Bertz CT molecular complexity index is 342. The lowest BCUT2D eigenvalue weighted by Crippen LogP contribution is -1.85. The molecule has 0 atom stereocenters. The molecule has 0 aliphatic heterocycles. The summed E-state index contributed by atoms with van der Waals surface area (Å²) in [6, 6.07) is -1.35. The average molecular weight is 128 g/mol. The summed E-state index contributed by atoms with van der Waals surface area (Å²) in [6.45, 7) is 0. The van der Waals surface area contributed by atoms with Crippen molar-refractivity contribution in [2.75, 3.05) is 0 Å². The van der Waals surface area contributed by atoms with Gasteiger partial charge in [-0.3, -0.25) is 9.78 Å². The molecule has 0 aliphatic rings. The standard InChI is InChI=1S/C6H4FNO/c7-5-1-2-6(4-9)8-3-5/h1-4H/i1D,2D,3D. The van der Waals surface area contributed by atoms with E-state index in [1.807, 2.05) is 0 Å². The quantitative estimate of drug-likeness (QED) is 0.529. The first-order chi connectivity index (χ1) is 5.57. The van der Waals surface area contributed by atoms with Gasteiger partial charge >= 0.3 is 0 Å². The first kappa shape index (κ1) is 3.06. The van der Waals surface area contributed by atoms with E-state index in [-0.39, 0.29) is 12.0 Å². The van der Waals surface area contributed by atoms with Gasteiger partial charge < -0.3 is 0 Å². The number of hydrogen-bond acceptors (Lipinski definition) is 2. The molecule has 0 unspecified atom stereocenters. The molecule has 2 nitrogen and oxygen atoms in total. The van der Waals surface area contributed by atoms with Crippen molar-refractivity contribution in [2.24, 2.45) is 0 Å². The normalized spacial score (nSPS) is 13.7. The number of pyridine rings is 1. The fourth-order valence-corrected chi connectivity index (χ4v) is 0.340. The van der Waals surface area contributed by atoms with Crippen molar-refractivity contribution in [1.82, 2.24) is 4.98 Å². The van der Waals surface area contributed by atoms with Crippen molar-refractivity contribution < 1.29 is 13.3 Å². The smallest absolute Gasteiger partial charge is 0.168 e. The van der Waals surface area contributed by atoms with E-state index in [1.165, 1.54) is 0 Å². The maximum atomic E-state index is 12.6. The third-order valence-corrected chi connectivity index (χ3v) is 0.686. The molecule has 1 aromatic heterocycles. The van der Waals surface area contributed by atoms with E-state index in [4.69, 9.17) is 4.11 Å². The zero-order valence-corrected chi connectivity index (χ0v) is 4.31. The summed E-state index contributed by atoms with van der Waals surface area (Å²) in [5.74, 6) is -1.18. The predicted molar refractivity (Wildman–Crippen MR) is 29.6 cm³/mol. The highest BCUT2D eigenvalue weighted by Gasteiger charge is 1.89. The number of nitrogens with zero attached hydrogens (tertiary/aromatic N) is 1. The van der Waals surface area contributed by atoms with Gasteiger partial charge in [0.2, 0.25) is 0 Å². The molecule has 0 aromatic carbocycles. The Morgan fingerprint density at radius 3 is 3.22 bits per heavy atom. The van der Waals surface area contributed by atoms with Gasteiger partial charge in [0.05, 0.1) is 10.3 Å². The Balaban J connectivity index is 3.49. The Labute approximate surface area is 55.6 Å². The summed E-state index contributed by atoms with van der Waals surface area (Å²) in [5.41, 5.74) is -0.383. The van der Waals surface area contributed by atoms with Gasteiger partial charge in [-0.15, -0.1) is 0 Å². The van der Waals surface area contributed by atoms with Gasteiger partial charge in [-0.2, -0.15) is 0 Å². The minimum Gasteiger partial charge on any atom is -0.296 e. The van der Waals surface area contributed by atoms with Crippen LogP contribution in [0.1, 0.15) is 14.6 Å². The van der Waals surface area contributed by atoms with Gasteiger partial charge in [0.25, 0.3) is 0 Å². The molecule has 1 rings (SSSR count). The van der Waals surface area contributed by atoms with Crippen LogP contribution in [0.25, 0.3) is 0 Å². The van der Waals surface area contributed by atoms with Gasteiger partial charge in [-0.05, 0) is 12.1 Å². The van der Waals surface area contributed by atoms with Crippen LogP contribution < -0.4 is 0 Å². The van der Waals surface area contributed by atoms with E-state index in [9.17, 15) is 9.18 Å². The van der Waals surface area contributed by atoms with Crippen LogP contribution in [0.4, 0.5) is 4.39 Å². The fraction of sp³-hybridized carbons (Fsp3) is 0. The van der Waals surface area contributed by atoms with E-state index < -0.39 is 24.1 Å². The maximum absolute atomic E-state index is 12.6. The zero-order valence-electron chi connectivity index (χ0n) is 7.31. The molecule has 1 aromatic rings. The van der Waals surface area contributed by atoms with Gasteiger partial charge in [-0.25, -0.2) is 4.39 Å². The summed E-state index contributed by atoms with van der Waals surface area (Å²) < 4.78 is 33.5. The van der Waals surface area contributed by atoms with Gasteiger partial charge in [0.1, 0.15) is 11.5 Å². The molecular weight excluding hydrogens is 121 g/mol. The van der Waals surface area contributed by atoms with Crippen LogP contribution in [0.5, 0.6) is 0 Å². The zero-order chi connectivity index (χ0) is 9.30. The molecule has 1 heterocycles. The minimum atomic E-state index is -1.18. The lowest BCUT2D eigenvalue weighted by atomic mass is 10.4. The molecule has 9 heavy (non-hydrogen) atoms. The van der Waals surface area contributed by atoms with Crippen LogP contribution >= 0.6 is 0 Å². The topological polar surface area (TPSA) is 30.0 Å².